The Morgan fingerprint density at radius 2 is 1.85 bits per heavy atom. The van der Waals surface area contributed by atoms with Gasteiger partial charge in [-0.2, -0.15) is 5.10 Å². The van der Waals surface area contributed by atoms with Crippen molar-refractivity contribution in [2.24, 2.45) is 0 Å². The molecular formula is C16H23N3O. The number of hydrogen-bond donors (Lipinski definition) is 2. The normalized spacial score (nSPS) is 11.2. The summed E-state index contributed by atoms with van der Waals surface area (Å²) in [5, 5.41) is 17.4. The van der Waals surface area contributed by atoms with Gasteiger partial charge >= 0.3 is 0 Å². The summed E-state index contributed by atoms with van der Waals surface area (Å²) in [6.07, 6.45) is 0. The highest BCUT2D eigenvalue weighted by Crippen LogP contribution is 2.16. The maximum Gasteiger partial charge on any atom is 0.115 e. The average molecular weight is 273 g/mol. The molecule has 0 aliphatic rings. The molecule has 0 atom stereocenters. The van der Waals surface area contributed by atoms with Crippen LogP contribution in [0.1, 0.15) is 36.4 Å². The summed E-state index contributed by atoms with van der Waals surface area (Å²) in [6.45, 7) is 10.0. The number of aromatic hydroxyl groups is 1. The van der Waals surface area contributed by atoms with Crippen molar-refractivity contribution in [2.45, 2.75) is 46.8 Å². The maximum atomic E-state index is 9.32. The van der Waals surface area contributed by atoms with Crippen molar-refractivity contribution >= 4 is 0 Å². The van der Waals surface area contributed by atoms with E-state index in [9.17, 15) is 5.11 Å². The maximum absolute atomic E-state index is 9.32. The van der Waals surface area contributed by atoms with Crippen molar-refractivity contribution in [3.8, 4) is 5.75 Å². The summed E-state index contributed by atoms with van der Waals surface area (Å²) < 4.78 is 2.03. The zero-order chi connectivity index (χ0) is 14.7. The zero-order valence-electron chi connectivity index (χ0n) is 12.6. The zero-order valence-corrected chi connectivity index (χ0v) is 12.6. The first-order valence-corrected chi connectivity index (χ1v) is 7.01. The summed E-state index contributed by atoms with van der Waals surface area (Å²) in [7, 11) is 0. The first-order valence-electron chi connectivity index (χ1n) is 7.01. The molecule has 2 rings (SSSR count). The van der Waals surface area contributed by atoms with Crippen LogP contribution in [-0.2, 0) is 13.1 Å². The molecule has 0 amide bonds. The SMILES string of the molecule is Cc1nn(Cc2ccc(O)cc2)c(C)c1CNC(C)C. The second-order valence-corrected chi connectivity index (χ2v) is 5.51. The van der Waals surface area contributed by atoms with E-state index in [-0.39, 0.29) is 0 Å². The van der Waals surface area contributed by atoms with Gasteiger partial charge < -0.3 is 10.4 Å². The lowest BCUT2D eigenvalue weighted by Crippen LogP contribution is -2.22. The molecule has 2 N–H and O–H groups in total. The first-order chi connectivity index (χ1) is 9.47. The van der Waals surface area contributed by atoms with Gasteiger partial charge in [-0.05, 0) is 31.5 Å². The van der Waals surface area contributed by atoms with Crippen LogP contribution in [0.4, 0.5) is 0 Å². The van der Waals surface area contributed by atoms with Crippen LogP contribution in [-0.4, -0.2) is 20.9 Å². The molecule has 0 saturated carbocycles. The van der Waals surface area contributed by atoms with Crippen LogP contribution in [0.3, 0.4) is 0 Å². The van der Waals surface area contributed by atoms with Gasteiger partial charge in [0, 0.05) is 23.8 Å². The summed E-state index contributed by atoms with van der Waals surface area (Å²) in [6, 6.07) is 7.74. The van der Waals surface area contributed by atoms with E-state index in [1.807, 2.05) is 16.8 Å². The fourth-order valence-electron chi connectivity index (χ4n) is 2.22. The highest BCUT2D eigenvalue weighted by molar-refractivity contribution is 5.28. The fraction of sp³-hybridized carbons (Fsp3) is 0.438. The lowest BCUT2D eigenvalue weighted by Gasteiger charge is -2.09. The topological polar surface area (TPSA) is 50.1 Å². The van der Waals surface area contributed by atoms with E-state index < -0.39 is 0 Å². The van der Waals surface area contributed by atoms with Gasteiger partial charge in [0.1, 0.15) is 5.75 Å². The number of nitrogens with one attached hydrogen (secondary N) is 1. The molecule has 0 bridgehead atoms. The number of benzene rings is 1. The molecule has 4 heteroatoms. The molecule has 0 radical (unpaired) electrons. The first kappa shape index (κ1) is 14.6. The molecule has 1 aromatic carbocycles. The van der Waals surface area contributed by atoms with E-state index in [2.05, 4.69) is 38.1 Å². The van der Waals surface area contributed by atoms with Crippen molar-refractivity contribution in [1.82, 2.24) is 15.1 Å². The van der Waals surface area contributed by atoms with Gasteiger partial charge in [0.25, 0.3) is 0 Å². The lowest BCUT2D eigenvalue weighted by molar-refractivity contribution is 0.475. The van der Waals surface area contributed by atoms with Gasteiger partial charge in [0.05, 0.1) is 12.2 Å². The van der Waals surface area contributed by atoms with Gasteiger partial charge in [0.15, 0.2) is 0 Å². The molecular weight excluding hydrogens is 250 g/mol. The number of phenols is 1. The van der Waals surface area contributed by atoms with Crippen LogP contribution >= 0.6 is 0 Å². The van der Waals surface area contributed by atoms with Crippen molar-refractivity contribution in [3.05, 3.63) is 46.8 Å². The van der Waals surface area contributed by atoms with Crippen LogP contribution in [0, 0.1) is 13.8 Å². The van der Waals surface area contributed by atoms with E-state index in [1.165, 1.54) is 11.3 Å². The number of aryl methyl sites for hydroxylation is 1. The molecule has 2 aromatic rings. The van der Waals surface area contributed by atoms with E-state index in [0.29, 0.717) is 11.8 Å². The quantitative estimate of drug-likeness (QED) is 0.880. The molecule has 1 heterocycles. The minimum absolute atomic E-state index is 0.295. The summed E-state index contributed by atoms with van der Waals surface area (Å²) >= 11 is 0. The predicted molar refractivity (Wildman–Crippen MR) is 80.9 cm³/mol. The molecule has 0 fully saturated rings. The summed E-state index contributed by atoms with van der Waals surface area (Å²) in [5.74, 6) is 0.295. The molecule has 0 unspecified atom stereocenters. The van der Waals surface area contributed by atoms with E-state index >= 15 is 0 Å². The fourth-order valence-corrected chi connectivity index (χ4v) is 2.22. The Hall–Kier alpha value is -1.81. The monoisotopic (exact) mass is 273 g/mol. The standard InChI is InChI=1S/C16H23N3O/c1-11(2)17-9-16-12(3)18-19(13(16)4)10-14-5-7-15(20)8-6-14/h5-8,11,17,20H,9-10H2,1-4H3. The third-order valence-electron chi connectivity index (χ3n) is 3.49. The van der Waals surface area contributed by atoms with Gasteiger partial charge in [0.2, 0.25) is 0 Å². The number of aromatic nitrogens is 2. The summed E-state index contributed by atoms with van der Waals surface area (Å²) in [5.41, 5.74) is 4.69. The molecule has 0 aliphatic heterocycles. The van der Waals surface area contributed by atoms with Gasteiger partial charge in [-0.3, -0.25) is 4.68 Å². The van der Waals surface area contributed by atoms with Crippen LogP contribution in [0.25, 0.3) is 0 Å². The highest BCUT2D eigenvalue weighted by Gasteiger charge is 2.11. The Bertz CT molecular complexity index is 570. The molecule has 108 valence electrons. The number of rotatable bonds is 5. The smallest absolute Gasteiger partial charge is 0.115 e. The predicted octanol–water partition coefficient (Wildman–Crippen LogP) is 2.75. The summed E-state index contributed by atoms with van der Waals surface area (Å²) in [4.78, 5) is 0. The van der Waals surface area contributed by atoms with Gasteiger partial charge in [-0.25, -0.2) is 0 Å². The van der Waals surface area contributed by atoms with Gasteiger partial charge in [-0.1, -0.05) is 26.0 Å². The van der Waals surface area contributed by atoms with Crippen molar-refractivity contribution in [3.63, 3.8) is 0 Å². The van der Waals surface area contributed by atoms with E-state index in [1.54, 1.807) is 12.1 Å². The molecule has 0 aliphatic carbocycles. The Kier molecular flexibility index (Phi) is 4.45. The van der Waals surface area contributed by atoms with Crippen LogP contribution in [0.5, 0.6) is 5.75 Å². The lowest BCUT2D eigenvalue weighted by atomic mass is 10.2. The van der Waals surface area contributed by atoms with E-state index in [0.717, 1.165) is 24.3 Å². The molecule has 20 heavy (non-hydrogen) atoms. The van der Waals surface area contributed by atoms with Crippen LogP contribution < -0.4 is 5.32 Å². The largest absolute Gasteiger partial charge is 0.508 e. The Morgan fingerprint density at radius 3 is 2.45 bits per heavy atom. The number of nitrogens with zero attached hydrogens (tertiary/aromatic N) is 2. The second-order valence-electron chi connectivity index (χ2n) is 5.51. The molecule has 0 spiro atoms. The highest BCUT2D eigenvalue weighted by atomic mass is 16.3. The number of phenolic OH excluding ortho intramolecular Hbond substituents is 1. The van der Waals surface area contributed by atoms with Crippen molar-refractivity contribution in [2.75, 3.05) is 0 Å². The second kappa shape index (κ2) is 6.09. The number of hydrogen-bond acceptors (Lipinski definition) is 3. The molecule has 4 nitrogen and oxygen atoms in total. The van der Waals surface area contributed by atoms with Crippen LogP contribution in [0.2, 0.25) is 0 Å². The minimum atomic E-state index is 0.295. The van der Waals surface area contributed by atoms with Crippen LogP contribution in [0.15, 0.2) is 24.3 Å². The Morgan fingerprint density at radius 1 is 1.20 bits per heavy atom. The average Bonchev–Trinajstić information content (AvgIpc) is 2.65. The van der Waals surface area contributed by atoms with Crippen molar-refractivity contribution in [1.29, 1.82) is 0 Å². The molecule has 1 aromatic heterocycles. The third-order valence-corrected chi connectivity index (χ3v) is 3.49. The van der Waals surface area contributed by atoms with Gasteiger partial charge in [-0.15, -0.1) is 0 Å². The molecule has 0 saturated heterocycles. The Labute approximate surface area is 120 Å². The third kappa shape index (κ3) is 3.39. The van der Waals surface area contributed by atoms with E-state index in [4.69, 9.17) is 0 Å². The minimum Gasteiger partial charge on any atom is -0.508 e. The van der Waals surface area contributed by atoms with Crippen molar-refractivity contribution < 1.29 is 5.11 Å². The Balaban J connectivity index is 2.16.